The van der Waals surface area contributed by atoms with Crippen molar-refractivity contribution in [2.75, 3.05) is 24.5 Å². The molecule has 33 heavy (non-hydrogen) atoms. The van der Waals surface area contributed by atoms with Crippen LogP contribution in [0.5, 0.6) is 5.75 Å². The molecule has 9 nitrogen and oxygen atoms in total. The van der Waals surface area contributed by atoms with Gasteiger partial charge in [-0.05, 0) is 31.2 Å². The number of piperidine rings is 1. The zero-order valence-corrected chi connectivity index (χ0v) is 19.0. The van der Waals surface area contributed by atoms with Crippen LogP contribution in [0.25, 0.3) is 10.4 Å². The highest BCUT2D eigenvalue weighted by Crippen LogP contribution is 2.33. The molecular formula is C23H25N5O4S. The van der Waals surface area contributed by atoms with Gasteiger partial charge in [-0.2, -0.15) is 0 Å². The summed E-state index contributed by atoms with van der Waals surface area (Å²) in [6.07, 6.45) is 4.38. The monoisotopic (exact) mass is 467 g/mol. The molecule has 1 saturated heterocycles. The number of benzene rings is 1. The van der Waals surface area contributed by atoms with Crippen LogP contribution in [0.15, 0.2) is 36.5 Å². The molecule has 0 unspecified atom stereocenters. The van der Waals surface area contributed by atoms with Crippen LogP contribution in [-0.4, -0.2) is 56.7 Å². The topological polar surface area (TPSA) is 129 Å². The number of aliphatic carboxylic acids is 1. The third-order valence-electron chi connectivity index (χ3n) is 5.63. The highest BCUT2D eigenvalue weighted by atomic mass is 32.1. The van der Waals surface area contributed by atoms with Crippen LogP contribution < -0.4 is 10.2 Å². The molecule has 0 saturated carbocycles. The van der Waals surface area contributed by atoms with Crippen LogP contribution in [0, 0.1) is 12.8 Å². The van der Waals surface area contributed by atoms with Gasteiger partial charge in [0.1, 0.15) is 12.4 Å². The van der Waals surface area contributed by atoms with Gasteiger partial charge in [0, 0.05) is 25.7 Å². The number of carboxylic acids is 1. The van der Waals surface area contributed by atoms with E-state index in [1.807, 2.05) is 24.4 Å². The van der Waals surface area contributed by atoms with E-state index in [2.05, 4.69) is 37.3 Å². The number of rotatable bonds is 7. The molecule has 172 valence electrons. The Morgan fingerprint density at radius 1 is 1.18 bits per heavy atom. The van der Waals surface area contributed by atoms with Crippen LogP contribution in [-0.2, 0) is 11.2 Å². The van der Waals surface area contributed by atoms with E-state index in [9.17, 15) is 14.7 Å². The fourth-order valence-corrected chi connectivity index (χ4v) is 4.82. The smallest absolute Gasteiger partial charge is 0.322 e. The third-order valence-corrected chi connectivity index (χ3v) is 6.74. The predicted octanol–water partition coefficient (Wildman–Crippen LogP) is 2.89. The molecule has 3 N–H and O–H groups in total. The number of nitrogens with zero attached hydrogens (tertiary/aromatic N) is 4. The van der Waals surface area contributed by atoms with Crippen molar-refractivity contribution in [1.29, 1.82) is 0 Å². The van der Waals surface area contributed by atoms with Gasteiger partial charge in [-0.25, -0.2) is 15.0 Å². The second kappa shape index (κ2) is 9.95. The van der Waals surface area contributed by atoms with Crippen LogP contribution in [0.2, 0.25) is 0 Å². The average Bonchev–Trinajstić information content (AvgIpc) is 3.31. The molecule has 0 spiro atoms. The summed E-state index contributed by atoms with van der Waals surface area (Å²) in [4.78, 5) is 39.6. The van der Waals surface area contributed by atoms with Crippen molar-refractivity contribution in [1.82, 2.24) is 20.3 Å². The second-order valence-corrected chi connectivity index (χ2v) is 9.02. The fraction of sp³-hybridized carbons (Fsp3) is 0.348. The van der Waals surface area contributed by atoms with E-state index in [1.165, 1.54) is 5.56 Å². The van der Waals surface area contributed by atoms with Crippen molar-refractivity contribution in [3.05, 3.63) is 53.7 Å². The Morgan fingerprint density at radius 3 is 2.61 bits per heavy atom. The summed E-state index contributed by atoms with van der Waals surface area (Å²) in [6, 6.07) is 10.2. The Morgan fingerprint density at radius 2 is 1.91 bits per heavy atom. The fourth-order valence-electron chi connectivity index (χ4n) is 3.85. The number of aromatic hydroxyl groups is 1. The van der Waals surface area contributed by atoms with E-state index < -0.39 is 18.4 Å². The first-order valence-corrected chi connectivity index (χ1v) is 11.5. The van der Waals surface area contributed by atoms with Gasteiger partial charge >= 0.3 is 5.97 Å². The van der Waals surface area contributed by atoms with Crippen molar-refractivity contribution < 1.29 is 19.8 Å². The highest BCUT2D eigenvalue weighted by molar-refractivity contribution is 7.18. The quantitative estimate of drug-likeness (QED) is 0.484. The maximum Gasteiger partial charge on any atom is 0.322 e. The van der Waals surface area contributed by atoms with Gasteiger partial charge in [-0.1, -0.05) is 41.7 Å². The Bertz CT molecular complexity index is 1140. The lowest BCUT2D eigenvalue weighted by atomic mass is 9.93. The average molecular weight is 468 g/mol. The molecule has 4 rings (SSSR count). The Hall–Kier alpha value is -3.53. The molecule has 0 aliphatic carbocycles. The molecule has 1 aliphatic heterocycles. The summed E-state index contributed by atoms with van der Waals surface area (Å²) < 4.78 is 0. The van der Waals surface area contributed by atoms with Crippen LogP contribution in [0.4, 0.5) is 5.13 Å². The number of aromatic nitrogens is 3. The SMILES string of the molecule is Cc1nc(CC2CCN(c3ncc(-c4ccccc4)s3)CC2)nc(C(=O)NCC(=O)O)c1O. The molecule has 10 heteroatoms. The van der Waals surface area contributed by atoms with Crippen LogP contribution in [0.3, 0.4) is 0 Å². The van der Waals surface area contributed by atoms with Gasteiger partial charge in [0.15, 0.2) is 16.6 Å². The first-order valence-electron chi connectivity index (χ1n) is 10.7. The number of carboxylic acid groups (broad SMARTS) is 1. The van der Waals surface area contributed by atoms with E-state index in [-0.39, 0.29) is 11.4 Å². The van der Waals surface area contributed by atoms with Crippen molar-refractivity contribution in [2.24, 2.45) is 5.92 Å². The molecule has 2 aromatic heterocycles. The minimum atomic E-state index is -1.17. The minimum Gasteiger partial charge on any atom is -0.504 e. The summed E-state index contributed by atoms with van der Waals surface area (Å²) in [5.74, 6) is -1.40. The summed E-state index contributed by atoms with van der Waals surface area (Å²) >= 11 is 1.69. The lowest BCUT2D eigenvalue weighted by Crippen LogP contribution is -2.34. The van der Waals surface area contributed by atoms with E-state index in [0.29, 0.717) is 23.9 Å². The minimum absolute atomic E-state index is 0.188. The summed E-state index contributed by atoms with van der Waals surface area (Å²) in [6.45, 7) is 2.80. The van der Waals surface area contributed by atoms with Gasteiger partial charge in [0.05, 0.1) is 10.6 Å². The second-order valence-electron chi connectivity index (χ2n) is 8.01. The van der Waals surface area contributed by atoms with Gasteiger partial charge < -0.3 is 20.4 Å². The number of hydrogen-bond acceptors (Lipinski definition) is 8. The normalized spacial score (nSPS) is 14.3. The van der Waals surface area contributed by atoms with Crippen molar-refractivity contribution in [3.8, 4) is 16.2 Å². The van der Waals surface area contributed by atoms with Crippen molar-refractivity contribution >= 4 is 28.3 Å². The lowest BCUT2D eigenvalue weighted by molar-refractivity contribution is -0.135. The zero-order chi connectivity index (χ0) is 23.4. The Balaban J connectivity index is 1.38. The Labute approximate surface area is 195 Å². The molecule has 0 bridgehead atoms. The largest absolute Gasteiger partial charge is 0.504 e. The summed E-state index contributed by atoms with van der Waals surface area (Å²) in [5.41, 5.74) is 1.28. The first-order chi connectivity index (χ1) is 15.9. The molecule has 3 aromatic rings. The summed E-state index contributed by atoms with van der Waals surface area (Å²) in [5, 5.41) is 22.2. The molecule has 1 amide bonds. The van der Waals surface area contributed by atoms with Gasteiger partial charge in [0.25, 0.3) is 5.91 Å². The molecule has 1 fully saturated rings. The van der Waals surface area contributed by atoms with Crippen LogP contribution in [0.1, 0.15) is 34.8 Å². The number of aryl methyl sites for hydroxylation is 1. The maximum absolute atomic E-state index is 12.2. The number of nitrogens with one attached hydrogen (secondary N) is 1. The maximum atomic E-state index is 12.2. The molecule has 0 radical (unpaired) electrons. The number of thiazole rings is 1. The zero-order valence-electron chi connectivity index (χ0n) is 18.2. The first kappa shape index (κ1) is 22.7. The Kier molecular flexibility index (Phi) is 6.83. The van der Waals surface area contributed by atoms with E-state index in [0.717, 1.165) is 35.9 Å². The van der Waals surface area contributed by atoms with Gasteiger partial charge in [0.2, 0.25) is 0 Å². The molecular weight excluding hydrogens is 442 g/mol. The van der Waals surface area contributed by atoms with Crippen molar-refractivity contribution in [3.63, 3.8) is 0 Å². The van der Waals surface area contributed by atoms with Crippen molar-refractivity contribution in [2.45, 2.75) is 26.2 Å². The number of carbonyl (C=O) groups is 2. The summed E-state index contributed by atoms with van der Waals surface area (Å²) in [7, 11) is 0. The molecule has 0 atom stereocenters. The predicted molar refractivity (Wildman–Crippen MR) is 125 cm³/mol. The van der Waals surface area contributed by atoms with E-state index in [1.54, 1.807) is 18.3 Å². The van der Waals surface area contributed by atoms with Gasteiger partial charge in [-0.15, -0.1) is 0 Å². The highest BCUT2D eigenvalue weighted by Gasteiger charge is 2.24. The lowest BCUT2D eigenvalue weighted by Gasteiger charge is -2.31. The number of hydrogen-bond donors (Lipinski definition) is 3. The molecule has 1 aromatic carbocycles. The van der Waals surface area contributed by atoms with Crippen LogP contribution >= 0.6 is 11.3 Å². The standard InChI is InChI=1S/C23H25N5O4S/c1-14-21(31)20(22(32)24-13-19(29)30)27-18(26-14)11-15-7-9-28(10-8-15)23-25-12-17(33-23)16-5-3-2-4-6-16/h2-6,12,15,31H,7-11,13H2,1H3,(H,24,32)(H,29,30). The number of amides is 1. The number of anilines is 1. The number of carbonyl (C=O) groups excluding carboxylic acids is 1. The molecule has 3 heterocycles. The molecule has 1 aliphatic rings. The van der Waals surface area contributed by atoms with Gasteiger partial charge in [-0.3, -0.25) is 9.59 Å². The third kappa shape index (κ3) is 5.46. The van der Waals surface area contributed by atoms with E-state index in [4.69, 9.17) is 5.11 Å². The van der Waals surface area contributed by atoms with E-state index >= 15 is 0 Å².